The number of alkyl halides is 2. The first kappa shape index (κ1) is 32.2. The van der Waals surface area contributed by atoms with E-state index in [2.05, 4.69) is 21.1 Å². The highest BCUT2D eigenvalue weighted by Crippen LogP contribution is 2.37. The third-order valence-corrected chi connectivity index (χ3v) is 6.40. The Kier molecular flexibility index (Phi) is 11.6. The fourth-order valence-electron chi connectivity index (χ4n) is 4.30. The van der Waals surface area contributed by atoms with Gasteiger partial charge >= 0.3 is 0 Å². The van der Waals surface area contributed by atoms with E-state index in [1.807, 2.05) is 0 Å². The molecule has 40 heavy (non-hydrogen) atoms. The van der Waals surface area contributed by atoms with Crippen LogP contribution in [0.25, 0.3) is 22.0 Å². The van der Waals surface area contributed by atoms with Crippen molar-refractivity contribution in [1.82, 2.24) is 14.8 Å². The predicted molar refractivity (Wildman–Crippen MR) is 146 cm³/mol. The van der Waals surface area contributed by atoms with Gasteiger partial charge in [0.15, 0.2) is 17.2 Å². The molecular formula is C27H34F3N7O3. The summed E-state index contributed by atoms with van der Waals surface area (Å²) in [7, 11) is 2.78. The molecule has 0 radical (unpaired) electrons. The summed E-state index contributed by atoms with van der Waals surface area (Å²) in [5.41, 5.74) is 3.28. The number of hydrogen-bond donors (Lipinski definition) is 2. The number of amides is 1. The van der Waals surface area contributed by atoms with Crippen molar-refractivity contribution in [1.29, 1.82) is 5.26 Å². The van der Waals surface area contributed by atoms with E-state index in [4.69, 9.17) is 5.26 Å². The van der Waals surface area contributed by atoms with E-state index in [1.54, 1.807) is 19.1 Å². The van der Waals surface area contributed by atoms with Crippen LogP contribution in [0.1, 0.15) is 63.1 Å². The van der Waals surface area contributed by atoms with Crippen molar-refractivity contribution in [2.75, 3.05) is 12.1 Å². The third kappa shape index (κ3) is 7.98. The molecule has 0 bridgehead atoms. The lowest BCUT2D eigenvalue weighted by Gasteiger charge is -2.23. The normalized spacial score (nSPS) is 14.2. The summed E-state index contributed by atoms with van der Waals surface area (Å²) < 4.78 is 42.6. The second-order valence-corrected chi connectivity index (χ2v) is 9.66. The third-order valence-electron chi connectivity index (χ3n) is 6.40. The molecule has 4 rings (SSSR count). The number of fused-ring (bicyclic) bond motifs is 1. The van der Waals surface area contributed by atoms with Gasteiger partial charge in [-0.2, -0.15) is 10.4 Å². The lowest BCUT2D eigenvalue weighted by molar-refractivity contribution is -0.117. The number of carbonyl (C=O) groups excluding carboxylic acids is 1. The smallest absolute Gasteiger partial charge is 0.272 e. The minimum absolute atomic E-state index is 0.0717. The summed E-state index contributed by atoms with van der Waals surface area (Å²) in [5, 5.41) is 25.8. The van der Waals surface area contributed by atoms with Crippen LogP contribution in [-0.4, -0.2) is 39.3 Å². The molecule has 1 aliphatic carbocycles. The fourth-order valence-corrected chi connectivity index (χ4v) is 4.30. The van der Waals surface area contributed by atoms with Crippen LogP contribution < -0.4 is 10.7 Å². The molecule has 3 aromatic rings. The van der Waals surface area contributed by atoms with Crippen LogP contribution in [0.5, 0.6) is 0 Å². The molecule has 0 saturated heterocycles. The maximum atomic E-state index is 14.7. The molecule has 2 aromatic heterocycles. The molecule has 1 saturated carbocycles. The van der Waals surface area contributed by atoms with Gasteiger partial charge in [-0.15, -0.1) is 4.91 Å². The lowest BCUT2D eigenvalue weighted by atomic mass is 9.95. The summed E-state index contributed by atoms with van der Waals surface area (Å²) in [6.07, 6.45) is 7.22. The number of pyridine rings is 1. The topological polar surface area (TPSA) is 150 Å². The van der Waals surface area contributed by atoms with E-state index in [0.29, 0.717) is 16.7 Å². The van der Waals surface area contributed by atoms with Crippen molar-refractivity contribution in [3.8, 4) is 17.2 Å². The quantitative estimate of drug-likeness (QED) is 0.302. The van der Waals surface area contributed by atoms with Gasteiger partial charge in [0.05, 0.1) is 17.0 Å². The Labute approximate surface area is 230 Å². The average Bonchev–Trinajstić information content (AvgIpc) is 3.27. The summed E-state index contributed by atoms with van der Waals surface area (Å²) in [6.45, 7) is 2.70. The SMILES string of the molecule is C1CCCCC1.Cc1cnc(N(C)N=O)cc1-c1cc(F)c2nn(C)c(C(C)(O)C(F)F)c2c1.N#CCC(N)=O. The molecular weight excluding hydrogens is 527 g/mol. The zero-order valence-electron chi connectivity index (χ0n) is 23.0. The largest absolute Gasteiger partial charge is 0.378 e. The number of halogens is 3. The summed E-state index contributed by atoms with van der Waals surface area (Å²) in [6, 6.07) is 5.84. The second-order valence-electron chi connectivity index (χ2n) is 9.66. The molecule has 1 unspecified atom stereocenters. The number of nitroso groups, excluding NO2 is 1. The van der Waals surface area contributed by atoms with Crippen molar-refractivity contribution in [3.05, 3.63) is 46.4 Å². The van der Waals surface area contributed by atoms with Gasteiger partial charge in [-0.05, 0) is 48.7 Å². The Morgan fingerprint density at radius 1 is 1.25 bits per heavy atom. The Morgan fingerprint density at radius 3 is 2.27 bits per heavy atom. The highest BCUT2D eigenvalue weighted by molar-refractivity contribution is 5.89. The first-order valence-corrected chi connectivity index (χ1v) is 12.7. The first-order valence-electron chi connectivity index (χ1n) is 12.7. The van der Waals surface area contributed by atoms with E-state index >= 15 is 0 Å². The maximum absolute atomic E-state index is 14.7. The Balaban J connectivity index is 0.000000386. The number of aromatic nitrogens is 3. The molecule has 13 heteroatoms. The van der Waals surface area contributed by atoms with Crippen molar-refractivity contribution < 1.29 is 23.1 Å². The standard InChI is InChI=1S/C18H18F3N5O2.C6H12.C3H4N2O/c1-9-8-22-14(25(3)24-28)7-11(9)10-5-12-15(13(19)6-10)23-26(4)16(12)18(2,27)17(20)21;1-2-4-6-5-3-1;4-2-1-3(5)6/h5-8,17,27H,1-4H3;1-6H2;1H2,(H2,5,6). The van der Waals surface area contributed by atoms with Gasteiger partial charge in [-0.25, -0.2) is 23.2 Å². The van der Waals surface area contributed by atoms with Crippen LogP contribution in [0.15, 0.2) is 29.7 Å². The molecule has 2 heterocycles. The zero-order chi connectivity index (χ0) is 30.0. The van der Waals surface area contributed by atoms with E-state index in [1.165, 1.54) is 70.9 Å². The van der Waals surface area contributed by atoms with Gasteiger partial charge in [0, 0.05) is 25.7 Å². The first-order chi connectivity index (χ1) is 18.8. The number of aryl methyl sites for hydroxylation is 2. The molecule has 1 amide bonds. The van der Waals surface area contributed by atoms with Crippen LogP contribution in [0.2, 0.25) is 0 Å². The molecule has 0 spiro atoms. The van der Waals surface area contributed by atoms with Gasteiger partial charge in [-0.3, -0.25) is 9.48 Å². The Hall–Kier alpha value is -4.05. The summed E-state index contributed by atoms with van der Waals surface area (Å²) in [4.78, 5) is 24.4. The highest BCUT2D eigenvalue weighted by Gasteiger charge is 2.39. The van der Waals surface area contributed by atoms with Crippen molar-refractivity contribution in [2.24, 2.45) is 18.1 Å². The monoisotopic (exact) mass is 561 g/mol. The number of carbonyl (C=O) groups is 1. The minimum atomic E-state index is -3.10. The van der Waals surface area contributed by atoms with Crippen molar-refractivity contribution in [3.63, 3.8) is 0 Å². The van der Waals surface area contributed by atoms with Gasteiger partial charge in [-0.1, -0.05) is 38.5 Å². The highest BCUT2D eigenvalue weighted by atomic mass is 19.3. The van der Waals surface area contributed by atoms with Gasteiger partial charge in [0.1, 0.15) is 11.9 Å². The van der Waals surface area contributed by atoms with E-state index in [-0.39, 0.29) is 28.8 Å². The fraction of sp³-hybridized carbons (Fsp3) is 0.481. The van der Waals surface area contributed by atoms with E-state index in [9.17, 15) is 28.0 Å². The molecule has 3 N–H and O–H groups in total. The van der Waals surface area contributed by atoms with Crippen molar-refractivity contribution >= 4 is 22.6 Å². The molecule has 10 nitrogen and oxygen atoms in total. The number of primary amides is 1. The van der Waals surface area contributed by atoms with Gasteiger partial charge < -0.3 is 10.8 Å². The number of rotatable bonds is 6. The molecule has 216 valence electrons. The maximum Gasteiger partial charge on any atom is 0.272 e. The average molecular weight is 562 g/mol. The van der Waals surface area contributed by atoms with E-state index in [0.717, 1.165) is 16.6 Å². The Morgan fingerprint density at radius 2 is 1.82 bits per heavy atom. The number of nitrogens with zero attached hydrogens (tertiary/aromatic N) is 6. The van der Waals surface area contributed by atoms with Gasteiger partial charge in [0.25, 0.3) is 6.43 Å². The predicted octanol–water partition coefficient (Wildman–Crippen LogP) is 5.40. The van der Waals surface area contributed by atoms with E-state index < -0.39 is 23.8 Å². The van der Waals surface area contributed by atoms with Gasteiger partial charge in [0.2, 0.25) is 5.91 Å². The number of anilines is 1. The minimum Gasteiger partial charge on any atom is -0.378 e. The number of hydrogen-bond acceptors (Lipinski definition) is 7. The van der Waals surface area contributed by atoms with Crippen LogP contribution in [0.4, 0.5) is 19.0 Å². The molecule has 1 aliphatic rings. The Bertz CT molecular complexity index is 1350. The zero-order valence-corrected chi connectivity index (χ0v) is 23.0. The molecule has 1 atom stereocenters. The van der Waals surface area contributed by atoms with Crippen LogP contribution in [0.3, 0.4) is 0 Å². The molecule has 1 aromatic carbocycles. The van der Waals surface area contributed by atoms with Crippen LogP contribution in [-0.2, 0) is 17.4 Å². The van der Waals surface area contributed by atoms with Crippen LogP contribution >= 0.6 is 0 Å². The van der Waals surface area contributed by atoms with Crippen molar-refractivity contribution in [2.45, 2.75) is 70.8 Å². The molecule has 1 fully saturated rings. The number of nitriles is 1. The number of aliphatic hydroxyl groups is 1. The number of nitrogens with two attached hydrogens (primary N) is 1. The molecule has 0 aliphatic heterocycles. The summed E-state index contributed by atoms with van der Waals surface area (Å²) >= 11 is 0. The second kappa shape index (κ2) is 14.4. The summed E-state index contributed by atoms with van der Waals surface area (Å²) in [5.74, 6) is -1.06. The number of benzene rings is 1. The van der Waals surface area contributed by atoms with Crippen LogP contribution in [0, 0.1) is 29.0 Å². The lowest BCUT2D eigenvalue weighted by Crippen LogP contribution is -2.33.